The second-order valence-corrected chi connectivity index (χ2v) is 2.94. The summed E-state index contributed by atoms with van der Waals surface area (Å²) in [6.07, 6.45) is 1.65. The van der Waals surface area contributed by atoms with Gasteiger partial charge in [0.05, 0.1) is 16.4 Å². The maximum absolute atomic E-state index is 5.67. The van der Waals surface area contributed by atoms with E-state index in [1.165, 1.54) is 11.3 Å². The van der Waals surface area contributed by atoms with E-state index in [9.17, 15) is 0 Å². The molecule has 2 aromatic rings. The fraction of sp³-hybridized carbons (Fsp3) is 0. The summed E-state index contributed by atoms with van der Waals surface area (Å²) in [5.74, 6) is 0. The minimum atomic E-state index is 0.374. The molecule has 10 heavy (non-hydrogen) atoms. The molecule has 0 atom stereocenters. The van der Waals surface area contributed by atoms with E-state index in [1.807, 2.05) is 0 Å². The lowest BCUT2D eigenvalue weighted by Crippen LogP contribution is -1.80. The van der Waals surface area contributed by atoms with E-state index in [-0.39, 0.29) is 0 Å². The van der Waals surface area contributed by atoms with Crippen LogP contribution in [0.3, 0.4) is 0 Å². The van der Waals surface area contributed by atoms with Crippen molar-refractivity contribution in [2.75, 3.05) is 0 Å². The van der Waals surface area contributed by atoms with Crippen molar-refractivity contribution in [2.24, 2.45) is 0 Å². The van der Waals surface area contributed by atoms with Gasteiger partial charge in [-0.1, -0.05) is 11.6 Å². The highest BCUT2D eigenvalue weighted by atomic mass is 35.5. The topological polar surface area (TPSA) is 38.7 Å². The highest BCUT2D eigenvalue weighted by Crippen LogP contribution is 2.20. The number of hydrogen-bond acceptors (Lipinski definition) is 4. The summed E-state index contributed by atoms with van der Waals surface area (Å²) in [6, 6.07) is 0. The Kier molecular flexibility index (Phi) is 1.28. The van der Waals surface area contributed by atoms with Crippen LogP contribution in [-0.2, 0) is 0 Å². The minimum absolute atomic E-state index is 0.374. The third-order valence-electron chi connectivity index (χ3n) is 1.11. The summed E-state index contributed by atoms with van der Waals surface area (Å²) < 4.78 is 0.972. The molecule has 0 bridgehead atoms. The summed E-state index contributed by atoms with van der Waals surface area (Å²) in [4.78, 5) is 4.00. The molecule has 2 rings (SSSR count). The first kappa shape index (κ1) is 6.00. The van der Waals surface area contributed by atoms with Crippen LogP contribution < -0.4 is 0 Å². The quantitative estimate of drug-likeness (QED) is 0.606. The van der Waals surface area contributed by atoms with Crippen molar-refractivity contribution in [2.45, 2.75) is 0 Å². The van der Waals surface area contributed by atoms with Crippen LogP contribution in [-0.4, -0.2) is 15.2 Å². The summed E-state index contributed by atoms with van der Waals surface area (Å²) in [5.41, 5.74) is 2.46. The molecule has 0 N–H and O–H groups in total. The van der Waals surface area contributed by atoms with Gasteiger partial charge in [0, 0.05) is 0 Å². The predicted molar refractivity (Wildman–Crippen MR) is 40.2 cm³/mol. The monoisotopic (exact) mass is 171 g/mol. The molecule has 0 fully saturated rings. The normalized spacial score (nSPS) is 10.5. The zero-order chi connectivity index (χ0) is 6.97. The largest absolute Gasteiger partial charge is 0.241 e. The molecule has 0 aromatic carbocycles. The van der Waals surface area contributed by atoms with Gasteiger partial charge in [-0.15, -0.1) is 16.4 Å². The van der Waals surface area contributed by atoms with Gasteiger partial charge in [-0.05, 0) is 0 Å². The molecule has 0 aliphatic rings. The summed E-state index contributed by atoms with van der Waals surface area (Å²) >= 11 is 7.17. The standard InChI is InChI=1S/C5H2ClN3S/c6-5-4-3(1-8-9-5)10-2-7-4/h1-2H. The Morgan fingerprint density at radius 3 is 3.20 bits per heavy atom. The van der Waals surface area contributed by atoms with E-state index < -0.39 is 0 Å². The van der Waals surface area contributed by atoms with Crippen molar-refractivity contribution in [1.82, 2.24) is 15.2 Å². The van der Waals surface area contributed by atoms with Crippen molar-refractivity contribution in [3.05, 3.63) is 16.9 Å². The Hall–Kier alpha value is -0.740. The number of rotatable bonds is 0. The van der Waals surface area contributed by atoms with Gasteiger partial charge in [-0.3, -0.25) is 0 Å². The van der Waals surface area contributed by atoms with Crippen LogP contribution in [0.15, 0.2) is 11.7 Å². The zero-order valence-electron chi connectivity index (χ0n) is 4.78. The third-order valence-corrected chi connectivity index (χ3v) is 2.13. The van der Waals surface area contributed by atoms with Crippen molar-refractivity contribution in [3.63, 3.8) is 0 Å². The van der Waals surface area contributed by atoms with E-state index >= 15 is 0 Å². The molecular formula is C5H2ClN3S. The molecule has 0 unspecified atom stereocenters. The molecule has 0 radical (unpaired) electrons. The number of hydrogen-bond donors (Lipinski definition) is 0. The van der Waals surface area contributed by atoms with Gasteiger partial charge < -0.3 is 0 Å². The van der Waals surface area contributed by atoms with Crippen LogP contribution >= 0.6 is 22.9 Å². The Balaban J connectivity index is 2.95. The lowest BCUT2D eigenvalue weighted by molar-refractivity contribution is 1.05. The number of fused-ring (bicyclic) bond motifs is 1. The fourth-order valence-corrected chi connectivity index (χ4v) is 1.57. The molecule has 3 nitrogen and oxygen atoms in total. The first-order chi connectivity index (χ1) is 4.88. The van der Waals surface area contributed by atoms with Gasteiger partial charge in [0.2, 0.25) is 0 Å². The van der Waals surface area contributed by atoms with Gasteiger partial charge in [-0.2, -0.15) is 5.10 Å². The Labute approximate surface area is 65.7 Å². The molecule has 0 aliphatic carbocycles. The van der Waals surface area contributed by atoms with Gasteiger partial charge in [0.25, 0.3) is 0 Å². The second kappa shape index (κ2) is 2.14. The minimum Gasteiger partial charge on any atom is -0.241 e. The highest BCUT2D eigenvalue weighted by Gasteiger charge is 2.01. The van der Waals surface area contributed by atoms with E-state index in [4.69, 9.17) is 11.6 Å². The number of halogens is 1. The SMILES string of the molecule is Clc1nncc2scnc12. The zero-order valence-corrected chi connectivity index (χ0v) is 6.35. The highest BCUT2D eigenvalue weighted by molar-refractivity contribution is 7.16. The molecular weight excluding hydrogens is 170 g/mol. The number of nitrogens with zero attached hydrogens (tertiary/aromatic N) is 3. The van der Waals surface area contributed by atoms with Crippen LogP contribution in [0.5, 0.6) is 0 Å². The fourth-order valence-electron chi connectivity index (χ4n) is 0.681. The van der Waals surface area contributed by atoms with Gasteiger partial charge in [0.15, 0.2) is 5.15 Å². The molecule has 0 saturated carbocycles. The summed E-state index contributed by atoms with van der Waals surface area (Å²) in [5, 5.41) is 7.69. The molecule has 0 aliphatic heterocycles. The van der Waals surface area contributed by atoms with Crippen LogP contribution in [0, 0.1) is 0 Å². The lowest BCUT2D eigenvalue weighted by atomic mass is 10.5. The second-order valence-electron chi connectivity index (χ2n) is 1.70. The molecule has 0 amide bonds. The maximum atomic E-state index is 5.67. The van der Waals surface area contributed by atoms with Crippen molar-refractivity contribution < 1.29 is 0 Å². The number of aromatic nitrogens is 3. The lowest BCUT2D eigenvalue weighted by Gasteiger charge is -1.85. The third kappa shape index (κ3) is 0.767. The molecule has 0 spiro atoms. The van der Waals surface area contributed by atoms with E-state index in [0.29, 0.717) is 5.15 Å². The van der Waals surface area contributed by atoms with Crippen molar-refractivity contribution >= 4 is 33.2 Å². The van der Waals surface area contributed by atoms with Crippen LogP contribution in [0.25, 0.3) is 10.2 Å². The smallest absolute Gasteiger partial charge is 0.178 e. The van der Waals surface area contributed by atoms with Gasteiger partial charge >= 0.3 is 0 Å². The predicted octanol–water partition coefficient (Wildman–Crippen LogP) is 1.74. The molecule has 50 valence electrons. The first-order valence-corrected chi connectivity index (χ1v) is 3.84. The van der Waals surface area contributed by atoms with Crippen LogP contribution in [0.1, 0.15) is 0 Å². The average molecular weight is 172 g/mol. The van der Waals surface area contributed by atoms with Crippen LogP contribution in [0.2, 0.25) is 5.15 Å². The summed E-state index contributed by atoms with van der Waals surface area (Å²) in [6.45, 7) is 0. The van der Waals surface area contributed by atoms with E-state index in [0.717, 1.165) is 10.2 Å². The first-order valence-electron chi connectivity index (χ1n) is 2.58. The van der Waals surface area contributed by atoms with E-state index in [1.54, 1.807) is 11.7 Å². The maximum Gasteiger partial charge on any atom is 0.178 e. The molecule has 0 saturated heterocycles. The average Bonchev–Trinajstić information content (AvgIpc) is 2.36. The number of thiazole rings is 1. The Bertz CT molecular complexity index is 358. The Morgan fingerprint density at radius 2 is 2.40 bits per heavy atom. The van der Waals surface area contributed by atoms with Gasteiger partial charge in [0.1, 0.15) is 5.52 Å². The summed E-state index contributed by atoms with van der Waals surface area (Å²) in [7, 11) is 0. The van der Waals surface area contributed by atoms with E-state index in [2.05, 4.69) is 15.2 Å². The van der Waals surface area contributed by atoms with Crippen molar-refractivity contribution in [3.8, 4) is 0 Å². The molecule has 2 aromatic heterocycles. The van der Waals surface area contributed by atoms with Crippen molar-refractivity contribution in [1.29, 1.82) is 0 Å². The van der Waals surface area contributed by atoms with Crippen LogP contribution in [0.4, 0.5) is 0 Å². The Morgan fingerprint density at radius 1 is 1.50 bits per heavy atom. The molecule has 2 heterocycles. The molecule has 5 heteroatoms. The van der Waals surface area contributed by atoms with Gasteiger partial charge in [-0.25, -0.2) is 4.98 Å².